The maximum absolute atomic E-state index is 5.81. The van der Waals surface area contributed by atoms with E-state index in [9.17, 15) is 0 Å². The maximum atomic E-state index is 5.81. The summed E-state index contributed by atoms with van der Waals surface area (Å²) in [6.07, 6.45) is 0.996. The molecule has 1 atom stereocenters. The zero-order valence-corrected chi connectivity index (χ0v) is 11.0. The van der Waals surface area contributed by atoms with Crippen molar-refractivity contribution in [3.05, 3.63) is 60.2 Å². The van der Waals surface area contributed by atoms with Crippen LogP contribution in [0.15, 0.2) is 54.6 Å². The van der Waals surface area contributed by atoms with Gasteiger partial charge in [0.25, 0.3) is 0 Å². The van der Waals surface area contributed by atoms with Gasteiger partial charge in [-0.15, -0.1) is 0 Å². The first-order valence-corrected chi connectivity index (χ1v) is 6.29. The Bertz CT molecular complexity index is 493. The second kappa shape index (κ2) is 5.58. The number of rotatable bonds is 4. The fourth-order valence-corrected chi connectivity index (χ4v) is 2.12. The molecule has 0 aromatic heterocycles. The number of hydrogen-bond donors (Lipinski definition) is 1. The highest BCUT2D eigenvalue weighted by Gasteiger charge is 2.10. The number of anilines is 2. The average molecular weight is 240 g/mol. The quantitative estimate of drug-likeness (QED) is 0.830. The first-order valence-electron chi connectivity index (χ1n) is 6.29. The Kier molecular flexibility index (Phi) is 3.88. The van der Waals surface area contributed by atoms with Crippen LogP contribution >= 0.6 is 0 Å². The molecule has 0 spiro atoms. The van der Waals surface area contributed by atoms with Gasteiger partial charge in [-0.25, -0.2) is 0 Å². The topological polar surface area (TPSA) is 29.3 Å². The second-order valence-corrected chi connectivity index (χ2v) is 4.74. The van der Waals surface area contributed by atoms with Gasteiger partial charge in [0.1, 0.15) is 0 Å². The third-order valence-corrected chi connectivity index (χ3v) is 3.31. The van der Waals surface area contributed by atoms with E-state index in [1.54, 1.807) is 0 Å². The minimum atomic E-state index is 0.439. The normalized spacial score (nSPS) is 12.1. The van der Waals surface area contributed by atoms with Crippen LogP contribution in [-0.2, 0) is 6.42 Å². The molecule has 0 bridgehead atoms. The number of para-hydroxylation sites is 1. The summed E-state index contributed by atoms with van der Waals surface area (Å²) in [5.41, 5.74) is 9.17. The lowest BCUT2D eigenvalue weighted by Crippen LogP contribution is -2.30. The van der Waals surface area contributed by atoms with E-state index in [0.29, 0.717) is 6.04 Å². The minimum absolute atomic E-state index is 0.439. The van der Waals surface area contributed by atoms with Crippen molar-refractivity contribution < 1.29 is 0 Å². The van der Waals surface area contributed by atoms with Gasteiger partial charge < -0.3 is 10.6 Å². The molecule has 2 nitrogen and oxygen atoms in total. The van der Waals surface area contributed by atoms with Crippen LogP contribution in [0.3, 0.4) is 0 Å². The minimum Gasteiger partial charge on any atom is -0.399 e. The summed E-state index contributed by atoms with van der Waals surface area (Å²) in [5.74, 6) is 0. The molecule has 0 aliphatic carbocycles. The molecular weight excluding hydrogens is 220 g/mol. The molecule has 0 radical (unpaired) electrons. The monoisotopic (exact) mass is 240 g/mol. The Morgan fingerprint density at radius 2 is 1.78 bits per heavy atom. The summed E-state index contributed by atoms with van der Waals surface area (Å²) >= 11 is 0. The molecule has 2 heteroatoms. The largest absolute Gasteiger partial charge is 0.399 e. The lowest BCUT2D eigenvalue weighted by molar-refractivity contribution is 0.682. The maximum Gasteiger partial charge on any atom is 0.0366 e. The zero-order valence-electron chi connectivity index (χ0n) is 11.0. The van der Waals surface area contributed by atoms with Crippen molar-refractivity contribution >= 4 is 11.4 Å². The molecule has 18 heavy (non-hydrogen) atoms. The van der Waals surface area contributed by atoms with Gasteiger partial charge in [-0.05, 0) is 43.2 Å². The molecule has 0 heterocycles. The smallest absolute Gasteiger partial charge is 0.0366 e. The van der Waals surface area contributed by atoms with Crippen molar-refractivity contribution in [2.45, 2.75) is 19.4 Å². The predicted molar refractivity (Wildman–Crippen MR) is 78.9 cm³/mol. The first-order chi connectivity index (χ1) is 8.66. The van der Waals surface area contributed by atoms with Crippen LogP contribution < -0.4 is 10.6 Å². The summed E-state index contributed by atoms with van der Waals surface area (Å²) < 4.78 is 0. The molecule has 2 aromatic rings. The fraction of sp³-hybridized carbons (Fsp3) is 0.250. The van der Waals surface area contributed by atoms with Gasteiger partial charge in [0.2, 0.25) is 0 Å². The van der Waals surface area contributed by atoms with Gasteiger partial charge in [0.05, 0.1) is 0 Å². The zero-order chi connectivity index (χ0) is 13.0. The predicted octanol–water partition coefficient (Wildman–Crippen LogP) is 3.34. The highest BCUT2D eigenvalue weighted by Crippen LogP contribution is 2.17. The summed E-state index contributed by atoms with van der Waals surface area (Å²) in [7, 11) is 2.13. The Morgan fingerprint density at radius 3 is 2.44 bits per heavy atom. The molecule has 0 saturated heterocycles. The third kappa shape index (κ3) is 3.04. The van der Waals surface area contributed by atoms with Crippen LogP contribution in [-0.4, -0.2) is 13.1 Å². The summed E-state index contributed by atoms with van der Waals surface area (Å²) in [5, 5.41) is 0. The van der Waals surface area contributed by atoms with Gasteiger partial charge in [-0.3, -0.25) is 0 Å². The molecule has 0 aliphatic heterocycles. The van der Waals surface area contributed by atoms with E-state index < -0.39 is 0 Å². The SMILES string of the molecule is CC(Cc1cccc(N)c1)N(C)c1ccccc1. The standard InChI is InChI=1S/C16H20N2/c1-13(11-14-7-6-8-15(17)12-14)18(2)16-9-4-3-5-10-16/h3-10,12-13H,11,17H2,1-2H3. The first kappa shape index (κ1) is 12.5. The van der Waals surface area contributed by atoms with Crippen LogP contribution in [0.4, 0.5) is 11.4 Å². The molecular formula is C16H20N2. The Morgan fingerprint density at radius 1 is 1.06 bits per heavy atom. The molecule has 2 N–H and O–H groups in total. The number of nitrogen functional groups attached to an aromatic ring is 1. The van der Waals surface area contributed by atoms with Crippen molar-refractivity contribution in [3.63, 3.8) is 0 Å². The van der Waals surface area contributed by atoms with Crippen LogP contribution in [0.2, 0.25) is 0 Å². The molecule has 1 unspecified atom stereocenters. The highest BCUT2D eigenvalue weighted by atomic mass is 15.1. The van der Waals surface area contributed by atoms with E-state index in [-0.39, 0.29) is 0 Å². The molecule has 0 fully saturated rings. The number of benzene rings is 2. The summed E-state index contributed by atoms with van der Waals surface area (Å²) in [4.78, 5) is 2.29. The van der Waals surface area contributed by atoms with Gasteiger partial charge in [-0.1, -0.05) is 30.3 Å². The third-order valence-electron chi connectivity index (χ3n) is 3.31. The van der Waals surface area contributed by atoms with Gasteiger partial charge >= 0.3 is 0 Å². The fourth-order valence-electron chi connectivity index (χ4n) is 2.12. The van der Waals surface area contributed by atoms with Gasteiger partial charge in [-0.2, -0.15) is 0 Å². The van der Waals surface area contributed by atoms with E-state index in [4.69, 9.17) is 5.73 Å². The van der Waals surface area contributed by atoms with Crippen molar-refractivity contribution in [2.24, 2.45) is 0 Å². The number of likely N-dealkylation sites (N-methyl/N-ethyl adjacent to an activating group) is 1. The Labute approximate surface area is 109 Å². The Balaban J connectivity index is 2.06. The molecule has 0 aliphatic rings. The van der Waals surface area contributed by atoms with Gasteiger partial charge in [0.15, 0.2) is 0 Å². The van der Waals surface area contributed by atoms with Crippen molar-refractivity contribution in [3.8, 4) is 0 Å². The number of nitrogens with two attached hydrogens (primary N) is 1. The van der Waals surface area contributed by atoms with Crippen LogP contribution in [0.5, 0.6) is 0 Å². The lowest BCUT2D eigenvalue weighted by Gasteiger charge is -2.27. The van der Waals surface area contributed by atoms with Crippen molar-refractivity contribution in [1.82, 2.24) is 0 Å². The van der Waals surface area contributed by atoms with Crippen LogP contribution in [0.1, 0.15) is 12.5 Å². The van der Waals surface area contributed by atoms with Crippen molar-refractivity contribution in [2.75, 3.05) is 17.7 Å². The number of hydrogen-bond acceptors (Lipinski definition) is 2. The van der Waals surface area contributed by atoms with E-state index in [1.807, 2.05) is 18.2 Å². The lowest BCUT2D eigenvalue weighted by atomic mass is 10.1. The highest BCUT2D eigenvalue weighted by molar-refractivity contribution is 5.47. The molecule has 0 amide bonds. The van der Waals surface area contributed by atoms with Crippen molar-refractivity contribution in [1.29, 1.82) is 0 Å². The van der Waals surface area contributed by atoms with E-state index in [2.05, 4.69) is 55.3 Å². The molecule has 2 aromatic carbocycles. The van der Waals surface area contributed by atoms with E-state index in [1.165, 1.54) is 11.3 Å². The second-order valence-electron chi connectivity index (χ2n) is 4.74. The van der Waals surface area contributed by atoms with E-state index >= 15 is 0 Å². The molecule has 0 saturated carbocycles. The average Bonchev–Trinajstić information content (AvgIpc) is 2.39. The number of nitrogens with zero attached hydrogens (tertiary/aromatic N) is 1. The van der Waals surface area contributed by atoms with Gasteiger partial charge in [0, 0.05) is 24.5 Å². The molecule has 2 rings (SSSR count). The summed E-state index contributed by atoms with van der Waals surface area (Å²) in [6, 6.07) is 19.0. The Hall–Kier alpha value is -1.96. The van der Waals surface area contributed by atoms with Crippen LogP contribution in [0, 0.1) is 0 Å². The van der Waals surface area contributed by atoms with Crippen LogP contribution in [0.25, 0.3) is 0 Å². The molecule has 94 valence electrons. The van der Waals surface area contributed by atoms with E-state index in [0.717, 1.165) is 12.1 Å². The summed E-state index contributed by atoms with van der Waals surface area (Å²) in [6.45, 7) is 2.23.